The number of hydrogen-bond acceptors (Lipinski definition) is 4. The number of para-hydroxylation sites is 1. The van der Waals surface area contributed by atoms with Crippen LogP contribution in [0.2, 0.25) is 5.02 Å². The van der Waals surface area contributed by atoms with E-state index in [-0.39, 0.29) is 11.8 Å². The largest absolute Gasteiger partial charge is 0.360 e. The first-order chi connectivity index (χ1) is 12.0. The van der Waals surface area contributed by atoms with Crippen LogP contribution >= 0.6 is 11.6 Å². The molecule has 0 unspecified atom stereocenters. The average molecular weight is 356 g/mol. The van der Waals surface area contributed by atoms with Gasteiger partial charge in [-0.2, -0.15) is 0 Å². The predicted molar refractivity (Wildman–Crippen MR) is 95.0 cm³/mol. The lowest BCUT2D eigenvalue weighted by Gasteiger charge is -2.08. The molecule has 3 aromatic rings. The minimum atomic E-state index is -0.388. The first kappa shape index (κ1) is 16.7. The molecule has 0 bridgehead atoms. The molecule has 0 aliphatic carbocycles. The molecule has 1 aromatic heterocycles. The summed E-state index contributed by atoms with van der Waals surface area (Å²) < 4.78 is 4.90. The fourth-order valence-electron chi connectivity index (χ4n) is 2.17. The number of benzene rings is 2. The zero-order valence-corrected chi connectivity index (χ0v) is 14.0. The molecule has 0 aliphatic heterocycles. The molecule has 126 valence electrons. The number of nitrogens with one attached hydrogen (secondary N) is 2. The molecule has 1 heterocycles. The van der Waals surface area contributed by atoms with Crippen LogP contribution in [-0.2, 0) is 0 Å². The Morgan fingerprint density at radius 3 is 2.28 bits per heavy atom. The molecule has 7 heteroatoms. The first-order valence-corrected chi connectivity index (χ1v) is 7.81. The van der Waals surface area contributed by atoms with Gasteiger partial charge >= 0.3 is 0 Å². The van der Waals surface area contributed by atoms with Gasteiger partial charge in [-0.25, -0.2) is 0 Å². The standard InChI is InChI=1S/C18H14ClN3O3/c1-11-9-16(22-25-11)21-18(24)13-6-4-5-12(10-13)17(23)20-15-8-3-2-7-14(15)19/h2-10H,1H3,(H,20,23)(H,21,22,24). The Kier molecular flexibility index (Phi) is 4.81. The highest BCUT2D eigenvalue weighted by atomic mass is 35.5. The van der Waals surface area contributed by atoms with Gasteiger partial charge in [-0.1, -0.05) is 35.0 Å². The van der Waals surface area contributed by atoms with Gasteiger partial charge in [-0.3, -0.25) is 9.59 Å². The topological polar surface area (TPSA) is 84.2 Å². The number of aryl methyl sites for hydroxylation is 1. The van der Waals surface area contributed by atoms with Gasteiger partial charge in [-0.05, 0) is 37.3 Å². The zero-order valence-electron chi connectivity index (χ0n) is 13.2. The summed E-state index contributed by atoms with van der Waals surface area (Å²) in [6, 6.07) is 14.9. The van der Waals surface area contributed by atoms with Crippen molar-refractivity contribution >= 4 is 34.9 Å². The van der Waals surface area contributed by atoms with Crippen molar-refractivity contribution in [2.24, 2.45) is 0 Å². The van der Waals surface area contributed by atoms with E-state index < -0.39 is 0 Å². The number of nitrogens with zero attached hydrogens (tertiary/aromatic N) is 1. The first-order valence-electron chi connectivity index (χ1n) is 7.43. The third-order valence-corrected chi connectivity index (χ3v) is 3.71. The van der Waals surface area contributed by atoms with Gasteiger partial charge in [0.25, 0.3) is 11.8 Å². The van der Waals surface area contributed by atoms with Gasteiger partial charge in [-0.15, -0.1) is 0 Å². The molecule has 3 rings (SSSR count). The second kappa shape index (κ2) is 7.19. The van der Waals surface area contributed by atoms with E-state index in [9.17, 15) is 9.59 Å². The molecule has 6 nitrogen and oxygen atoms in total. The quantitative estimate of drug-likeness (QED) is 0.736. The molecular weight excluding hydrogens is 342 g/mol. The summed E-state index contributed by atoms with van der Waals surface area (Å²) in [5.74, 6) is 0.150. The van der Waals surface area contributed by atoms with Crippen LogP contribution in [0.4, 0.5) is 11.5 Å². The van der Waals surface area contributed by atoms with E-state index in [0.717, 1.165) is 0 Å². The summed E-state index contributed by atoms with van der Waals surface area (Å²) >= 11 is 6.04. The lowest BCUT2D eigenvalue weighted by atomic mass is 10.1. The summed E-state index contributed by atoms with van der Waals surface area (Å²) in [6.45, 7) is 1.72. The normalized spacial score (nSPS) is 10.3. The lowest BCUT2D eigenvalue weighted by Crippen LogP contribution is -2.15. The Balaban J connectivity index is 1.75. The van der Waals surface area contributed by atoms with E-state index in [0.29, 0.717) is 33.4 Å². The molecule has 2 amide bonds. The van der Waals surface area contributed by atoms with Crippen LogP contribution in [-0.4, -0.2) is 17.0 Å². The van der Waals surface area contributed by atoms with E-state index in [2.05, 4.69) is 15.8 Å². The zero-order chi connectivity index (χ0) is 17.8. The van der Waals surface area contributed by atoms with Crippen molar-refractivity contribution in [2.45, 2.75) is 6.92 Å². The van der Waals surface area contributed by atoms with E-state index in [1.807, 2.05) is 0 Å². The van der Waals surface area contributed by atoms with Crippen LogP contribution in [0.25, 0.3) is 0 Å². The molecule has 0 aliphatic rings. The number of rotatable bonds is 4. The van der Waals surface area contributed by atoms with Crippen LogP contribution < -0.4 is 10.6 Å². The van der Waals surface area contributed by atoms with Crippen molar-refractivity contribution < 1.29 is 14.1 Å². The smallest absolute Gasteiger partial charge is 0.256 e. The Bertz CT molecular complexity index is 937. The molecule has 0 fully saturated rings. The number of carbonyl (C=O) groups is 2. The Morgan fingerprint density at radius 1 is 0.960 bits per heavy atom. The van der Waals surface area contributed by atoms with Gasteiger partial charge in [0.2, 0.25) is 0 Å². The minimum Gasteiger partial charge on any atom is -0.360 e. The van der Waals surface area contributed by atoms with Crippen molar-refractivity contribution in [3.8, 4) is 0 Å². The van der Waals surface area contributed by atoms with Crippen LogP contribution in [0.1, 0.15) is 26.5 Å². The second-order valence-electron chi connectivity index (χ2n) is 5.29. The maximum absolute atomic E-state index is 12.4. The molecule has 0 spiro atoms. The third-order valence-electron chi connectivity index (χ3n) is 3.38. The molecular formula is C18H14ClN3O3. The van der Waals surface area contributed by atoms with E-state index in [1.54, 1.807) is 55.5 Å². The molecule has 0 atom stereocenters. The second-order valence-corrected chi connectivity index (χ2v) is 5.70. The predicted octanol–water partition coefficient (Wildman–Crippen LogP) is 4.14. The molecule has 2 aromatic carbocycles. The summed E-state index contributed by atoms with van der Waals surface area (Å²) in [6.07, 6.45) is 0. The van der Waals surface area contributed by atoms with Crippen molar-refractivity contribution in [2.75, 3.05) is 10.6 Å². The SMILES string of the molecule is Cc1cc(NC(=O)c2cccc(C(=O)Nc3ccccc3Cl)c2)no1. The molecule has 0 saturated carbocycles. The molecule has 0 radical (unpaired) electrons. The Labute approximate surface area is 148 Å². The highest BCUT2D eigenvalue weighted by Crippen LogP contribution is 2.21. The molecule has 0 saturated heterocycles. The fourth-order valence-corrected chi connectivity index (χ4v) is 2.36. The van der Waals surface area contributed by atoms with Crippen molar-refractivity contribution in [3.63, 3.8) is 0 Å². The van der Waals surface area contributed by atoms with E-state index >= 15 is 0 Å². The number of amides is 2. The number of halogens is 1. The van der Waals surface area contributed by atoms with Crippen molar-refractivity contribution in [1.82, 2.24) is 5.16 Å². The van der Waals surface area contributed by atoms with Crippen LogP contribution in [0.15, 0.2) is 59.1 Å². The van der Waals surface area contributed by atoms with Gasteiger partial charge < -0.3 is 15.2 Å². The number of hydrogen-bond donors (Lipinski definition) is 2. The maximum Gasteiger partial charge on any atom is 0.256 e. The minimum absolute atomic E-state index is 0.313. The lowest BCUT2D eigenvalue weighted by molar-refractivity contribution is 0.102. The Morgan fingerprint density at radius 2 is 1.64 bits per heavy atom. The monoisotopic (exact) mass is 355 g/mol. The highest BCUT2D eigenvalue weighted by Gasteiger charge is 2.13. The van der Waals surface area contributed by atoms with Gasteiger partial charge in [0, 0.05) is 17.2 Å². The summed E-state index contributed by atoms with van der Waals surface area (Å²) in [5.41, 5.74) is 1.17. The average Bonchev–Trinajstić information content (AvgIpc) is 3.02. The van der Waals surface area contributed by atoms with Gasteiger partial charge in [0.05, 0.1) is 10.7 Å². The summed E-state index contributed by atoms with van der Waals surface area (Å²) in [5, 5.41) is 9.46. The highest BCUT2D eigenvalue weighted by molar-refractivity contribution is 6.33. The summed E-state index contributed by atoms with van der Waals surface area (Å²) in [4.78, 5) is 24.6. The van der Waals surface area contributed by atoms with Gasteiger partial charge in [0.1, 0.15) is 5.76 Å². The van der Waals surface area contributed by atoms with Crippen LogP contribution in [0.3, 0.4) is 0 Å². The maximum atomic E-state index is 12.4. The summed E-state index contributed by atoms with van der Waals surface area (Å²) in [7, 11) is 0. The number of carbonyl (C=O) groups excluding carboxylic acids is 2. The van der Waals surface area contributed by atoms with E-state index in [4.69, 9.17) is 16.1 Å². The molecule has 2 N–H and O–H groups in total. The van der Waals surface area contributed by atoms with Crippen LogP contribution in [0.5, 0.6) is 0 Å². The third kappa shape index (κ3) is 4.05. The Hall–Kier alpha value is -3.12. The van der Waals surface area contributed by atoms with Crippen LogP contribution in [0, 0.1) is 6.92 Å². The fraction of sp³-hybridized carbons (Fsp3) is 0.0556. The van der Waals surface area contributed by atoms with Crippen molar-refractivity contribution in [3.05, 3.63) is 76.5 Å². The molecule has 25 heavy (non-hydrogen) atoms. The number of anilines is 2. The number of aromatic nitrogens is 1. The van der Waals surface area contributed by atoms with Gasteiger partial charge in [0.15, 0.2) is 5.82 Å². The van der Waals surface area contributed by atoms with E-state index in [1.165, 1.54) is 6.07 Å². The van der Waals surface area contributed by atoms with Crippen molar-refractivity contribution in [1.29, 1.82) is 0 Å².